The average molecular weight is 302 g/mol. The summed E-state index contributed by atoms with van der Waals surface area (Å²) in [5, 5.41) is 3.84. The first-order chi connectivity index (χ1) is 10.2. The first-order valence-corrected chi connectivity index (χ1v) is 7.39. The minimum absolute atomic E-state index is 0.0109. The van der Waals surface area contributed by atoms with Crippen LogP contribution >= 0.6 is 11.6 Å². The van der Waals surface area contributed by atoms with Gasteiger partial charge in [0.05, 0.1) is 22.6 Å². The minimum atomic E-state index is 0.0109. The molecule has 1 aromatic heterocycles. The molecule has 0 aliphatic carbocycles. The van der Waals surface area contributed by atoms with Crippen LogP contribution in [0.5, 0.6) is 0 Å². The molecule has 21 heavy (non-hydrogen) atoms. The maximum atomic E-state index is 12.2. The molecule has 0 saturated carbocycles. The average Bonchev–Trinajstić information content (AvgIpc) is 3.04. The van der Waals surface area contributed by atoms with Gasteiger partial charge in [0.1, 0.15) is 5.69 Å². The van der Waals surface area contributed by atoms with E-state index in [-0.39, 0.29) is 5.91 Å². The number of carbonyl (C=O) groups excluding carboxylic acids is 1. The number of aromatic nitrogens is 1. The predicted molar refractivity (Wildman–Crippen MR) is 84.1 cm³/mol. The third kappa shape index (κ3) is 3.16. The Kier molecular flexibility index (Phi) is 4.06. The van der Waals surface area contributed by atoms with Gasteiger partial charge in [-0.05, 0) is 37.1 Å². The van der Waals surface area contributed by atoms with Crippen LogP contribution in [0.25, 0.3) is 0 Å². The number of likely N-dealkylation sites (tertiary alicyclic amines) is 1. The largest absolute Gasteiger partial charge is 0.353 e. The van der Waals surface area contributed by atoms with E-state index in [1.54, 1.807) is 12.3 Å². The van der Waals surface area contributed by atoms with Crippen LogP contribution in [0.2, 0.25) is 5.02 Å². The highest BCUT2D eigenvalue weighted by molar-refractivity contribution is 6.33. The highest BCUT2D eigenvalue weighted by Crippen LogP contribution is 2.24. The lowest BCUT2D eigenvalue weighted by Crippen LogP contribution is -2.28. The van der Waals surface area contributed by atoms with E-state index in [0.29, 0.717) is 10.7 Å². The minimum Gasteiger partial charge on any atom is -0.353 e. The van der Waals surface area contributed by atoms with Gasteiger partial charge in [-0.3, -0.25) is 4.79 Å². The van der Waals surface area contributed by atoms with Crippen LogP contribution in [0.3, 0.4) is 0 Å². The molecule has 1 amide bonds. The van der Waals surface area contributed by atoms with Crippen molar-refractivity contribution in [2.24, 2.45) is 0 Å². The van der Waals surface area contributed by atoms with Crippen LogP contribution in [0, 0.1) is 0 Å². The molecule has 4 nitrogen and oxygen atoms in total. The summed E-state index contributed by atoms with van der Waals surface area (Å²) < 4.78 is 0. The maximum absolute atomic E-state index is 12.2. The Labute approximate surface area is 128 Å². The summed E-state index contributed by atoms with van der Waals surface area (Å²) in [5.74, 6) is 0.0109. The predicted octanol–water partition coefficient (Wildman–Crippen LogP) is 3.71. The van der Waals surface area contributed by atoms with Crippen molar-refractivity contribution in [3.8, 4) is 0 Å². The number of pyridine rings is 1. The molecule has 1 fully saturated rings. The molecule has 3 rings (SSSR count). The Morgan fingerprint density at radius 2 is 1.90 bits per heavy atom. The molecule has 0 atom stereocenters. The summed E-state index contributed by atoms with van der Waals surface area (Å²) in [5.41, 5.74) is 2.11. The van der Waals surface area contributed by atoms with Gasteiger partial charge in [-0.15, -0.1) is 0 Å². The van der Waals surface area contributed by atoms with Crippen LogP contribution < -0.4 is 5.32 Å². The third-order valence-corrected chi connectivity index (χ3v) is 3.86. The molecule has 0 bridgehead atoms. The molecule has 2 heterocycles. The lowest BCUT2D eigenvalue weighted by molar-refractivity contribution is 0.0787. The first-order valence-electron chi connectivity index (χ1n) is 7.01. The number of anilines is 2. The molecular weight excluding hydrogens is 286 g/mol. The van der Waals surface area contributed by atoms with E-state index in [1.165, 1.54) is 0 Å². The van der Waals surface area contributed by atoms with Crippen LogP contribution in [0.1, 0.15) is 23.3 Å². The van der Waals surface area contributed by atoms with Crippen molar-refractivity contribution in [1.82, 2.24) is 9.88 Å². The normalized spacial score (nSPS) is 14.2. The second kappa shape index (κ2) is 6.14. The van der Waals surface area contributed by atoms with Gasteiger partial charge in [-0.2, -0.15) is 0 Å². The van der Waals surface area contributed by atoms with E-state index in [9.17, 15) is 4.79 Å². The molecule has 1 saturated heterocycles. The lowest BCUT2D eigenvalue weighted by Gasteiger charge is -2.14. The number of hydrogen-bond acceptors (Lipinski definition) is 3. The summed E-state index contributed by atoms with van der Waals surface area (Å²) >= 11 is 6.10. The molecule has 1 aliphatic rings. The van der Waals surface area contributed by atoms with Gasteiger partial charge in [0, 0.05) is 13.1 Å². The van der Waals surface area contributed by atoms with Gasteiger partial charge in [0.15, 0.2) is 0 Å². The van der Waals surface area contributed by atoms with Crippen LogP contribution in [-0.2, 0) is 0 Å². The quantitative estimate of drug-likeness (QED) is 0.940. The Morgan fingerprint density at radius 1 is 1.14 bits per heavy atom. The molecule has 0 radical (unpaired) electrons. The van der Waals surface area contributed by atoms with Crippen LogP contribution in [0.4, 0.5) is 11.4 Å². The Morgan fingerprint density at radius 3 is 2.57 bits per heavy atom. The fraction of sp³-hybridized carbons (Fsp3) is 0.250. The lowest BCUT2D eigenvalue weighted by atomic mass is 10.2. The fourth-order valence-electron chi connectivity index (χ4n) is 2.39. The highest BCUT2D eigenvalue weighted by atomic mass is 35.5. The SMILES string of the molecule is O=C(c1ccc(Nc2ccccc2Cl)cn1)N1CCCC1. The van der Waals surface area contributed by atoms with E-state index in [4.69, 9.17) is 11.6 Å². The molecule has 1 aliphatic heterocycles. The monoisotopic (exact) mass is 301 g/mol. The second-order valence-electron chi connectivity index (χ2n) is 5.04. The Hall–Kier alpha value is -2.07. The van der Waals surface area contributed by atoms with Crippen molar-refractivity contribution in [3.05, 3.63) is 53.3 Å². The molecule has 0 unspecified atom stereocenters. The van der Waals surface area contributed by atoms with Crippen molar-refractivity contribution in [2.75, 3.05) is 18.4 Å². The number of rotatable bonds is 3. The summed E-state index contributed by atoms with van der Waals surface area (Å²) in [4.78, 5) is 18.3. The van der Waals surface area contributed by atoms with Gasteiger partial charge in [0.2, 0.25) is 0 Å². The number of benzene rings is 1. The number of carbonyl (C=O) groups is 1. The zero-order valence-electron chi connectivity index (χ0n) is 11.6. The van der Waals surface area contributed by atoms with E-state index in [2.05, 4.69) is 10.3 Å². The van der Waals surface area contributed by atoms with Crippen LogP contribution in [-0.4, -0.2) is 28.9 Å². The van der Waals surface area contributed by atoms with Crippen molar-refractivity contribution < 1.29 is 4.79 Å². The molecule has 5 heteroatoms. The zero-order valence-corrected chi connectivity index (χ0v) is 12.3. The Balaban J connectivity index is 1.72. The summed E-state index contributed by atoms with van der Waals surface area (Å²) in [6, 6.07) is 11.1. The van der Waals surface area contributed by atoms with Gasteiger partial charge in [-0.1, -0.05) is 23.7 Å². The number of para-hydroxylation sites is 1. The number of nitrogens with one attached hydrogen (secondary N) is 1. The number of nitrogens with zero attached hydrogens (tertiary/aromatic N) is 2. The van der Waals surface area contributed by atoms with Crippen molar-refractivity contribution in [1.29, 1.82) is 0 Å². The van der Waals surface area contributed by atoms with Gasteiger partial charge in [0.25, 0.3) is 5.91 Å². The standard InChI is InChI=1S/C16H16ClN3O/c17-13-5-1-2-6-14(13)19-12-7-8-15(18-11-12)16(21)20-9-3-4-10-20/h1-2,5-8,11,19H,3-4,9-10H2. The number of amides is 1. The summed E-state index contributed by atoms with van der Waals surface area (Å²) in [6.45, 7) is 1.67. The molecule has 1 aromatic carbocycles. The molecule has 1 N–H and O–H groups in total. The smallest absolute Gasteiger partial charge is 0.272 e. The van der Waals surface area contributed by atoms with Gasteiger partial charge in [-0.25, -0.2) is 4.98 Å². The van der Waals surface area contributed by atoms with Crippen molar-refractivity contribution >= 4 is 28.9 Å². The van der Waals surface area contributed by atoms with Gasteiger partial charge < -0.3 is 10.2 Å². The molecule has 2 aromatic rings. The number of halogens is 1. The van der Waals surface area contributed by atoms with Crippen LogP contribution in [0.15, 0.2) is 42.6 Å². The first kappa shape index (κ1) is 13.9. The zero-order chi connectivity index (χ0) is 14.7. The van der Waals surface area contributed by atoms with Crippen molar-refractivity contribution in [2.45, 2.75) is 12.8 Å². The Bertz CT molecular complexity index is 636. The topological polar surface area (TPSA) is 45.2 Å². The molecule has 0 spiro atoms. The maximum Gasteiger partial charge on any atom is 0.272 e. The van der Waals surface area contributed by atoms with E-state index in [1.807, 2.05) is 35.2 Å². The second-order valence-corrected chi connectivity index (χ2v) is 5.44. The van der Waals surface area contributed by atoms with E-state index >= 15 is 0 Å². The fourth-order valence-corrected chi connectivity index (χ4v) is 2.58. The van der Waals surface area contributed by atoms with E-state index < -0.39 is 0 Å². The molecular formula is C16H16ClN3O. The summed E-state index contributed by atoms with van der Waals surface area (Å²) in [7, 11) is 0. The molecule has 108 valence electrons. The number of hydrogen-bond donors (Lipinski definition) is 1. The third-order valence-electron chi connectivity index (χ3n) is 3.53. The summed E-state index contributed by atoms with van der Waals surface area (Å²) in [6.07, 6.45) is 3.82. The van der Waals surface area contributed by atoms with Gasteiger partial charge >= 0.3 is 0 Å². The van der Waals surface area contributed by atoms with Crippen molar-refractivity contribution in [3.63, 3.8) is 0 Å². The van der Waals surface area contributed by atoms with E-state index in [0.717, 1.165) is 37.3 Å². The highest BCUT2D eigenvalue weighted by Gasteiger charge is 2.20.